The number of carboxylic acids is 1. The molecule has 2 aromatic carbocycles. The minimum absolute atomic E-state index is 0.241. The fraction of sp³-hybridized carbons (Fsp3) is 0.400. The predicted octanol–water partition coefficient (Wildman–Crippen LogP) is 2.95. The highest BCUT2D eigenvalue weighted by Crippen LogP contribution is 2.17. The van der Waals surface area contributed by atoms with Crippen LogP contribution >= 0.6 is 0 Å². The van der Waals surface area contributed by atoms with E-state index >= 15 is 0 Å². The number of rotatable bonds is 6. The number of fused-ring (bicyclic) bond motifs is 1. The van der Waals surface area contributed by atoms with Crippen molar-refractivity contribution in [1.29, 1.82) is 0 Å². The van der Waals surface area contributed by atoms with Crippen LogP contribution < -0.4 is 10.9 Å². The number of nitrogens with zero attached hydrogens (tertiary/aromatic N) is 3. The largest absolute Gasteiger partial charge is 0.479 e. The van der Waals surface area contributed by atoms with Crippen molar-refractivity contribution in [3.63, 3.8) is 0 Å². The zero-order chi connectivity index (χ0) is 28.9. The number of carboxylic acid groups (broad SMARTS) is 1. The van der Waals surface area contributed by atoms with Crippen molar-refractivity contribution in [3.8, 4) is 11.8 Å². The van der Waals surface area contributed by atoms with E-state index in [4.69, 9.17) is 9.47 Å². The fourth-order valence-corrected chi connectivity index (χ4v) is 4.23. The van der Waals surface area contributed by atoms with Gasteiger partial charge in [-0.2, -0.15) is 0 Å². The molecule has 40 heavy (non-hydrogen) atoms. The summed E-state index contributed by atoms with van der Waals surface area (Å²) in [6, 6.07) is 13.1. The van der Waals surface area contributed by atoms with Gasteiger partial charge in [0, 0.05) is 30.8 Å². The molecule has 1 saturated heterocycles. The van der Waals surface area contributed by atoms with E-state index in [2.05, 4.69) is 39.2 Å². The third-order valence-corrected chi connectivity index (χ3v) is 6.54. The molecule has 0 bridgehead atoms. The van der Waals surface area contributed by atoms with Gasteiger partial charge >= 0.3 is 12.1 Å². The van der Waals surface area contributed by atoms with Crippen LogP contribution in [-0.2, 0) is 26.4 Å². The molecule has 210 valence electrons. The van der Waals surface area contributed by atoms with Gasteiger partial charge in [0.1, 0.15) is 5.60 Å². The minimum Gasteiger partial charge on any atom is -0.479 e. The molecule has 1 aliphatic heterocycles. The summed E-state index contributed by atoms with van der Waals surface area (Å²) < 4.78 is 11.6. The summed E-state index contributed by atoms with van der Waals surface area (Å²) in [4.78, 5) is 44.3. The number of ether oxygens (including phenoxy) is 2. The maximum Gasteiger partial charge on any atom is 0.407 e. The molecule has 3 aromatic rings. The summed E-state index contributed by atoms with van der Waals surface area (Å²) in [5.41, 5.74) is 0.0528. The van der Waals surface area contributed by atoms with E-state index in [9.17, 15) is 19.5 Å². The fourth-order valence-electron chi connectivity index (χ4n) is 4.23. The summed E-state index contributed by atoms with van der Waals surface area (Å²) in [7, 11) is 0. The Morgan fingerprint density at radius 3 is 2.35 bits per heavy atom. The Kier molecular flexibility index (Phi) is 8.57. The van der Waals surface area contributed by atoms with Crippen molar-refractivity contribution in [2.24, 2.45) is 0 Å². The summed E-state index contributed by atoms with van der Waals surface area (Å²) in [5.74, 6) is 4.95. The summed E-state index contributed by atoms with van der Waals surface area (Å²) in [5, 5.41) is 12.6. The lowest BCUT2D eigenvalue weighted by molar-refractivity contribution is -0.146. The van der Waals surface area contributed by atoms with E-state index in [0.29, 0.717) is 11.1 Å². The van der Waals surface area contributed by atoms with Crippen molar-refractivity contribution in [2.45, 2.75) is 45.4 Å². The summed E-state index contributed by atoms with van der Waals surface area (Å²) >= 11 is 0. The van der Waals surface area contributed by atoms with Gasteiger partial charge in [0.05, 0.1) is 37.0 Å². The number of aliphatic carboxylic acids is 1. The SMILES string of the molecule is CC(C)(C)OC(=O)NC[C@@](C)(C(=O)O)n1cnc2cc(C#Cc3ccc(CN4CCOCC4)cc3)ccc2c1=O. The molecule has 4 rings (SSSR count). The first-order valence-corrected chi connectivity index (χ1v) is 13.1. The summed E-state index contributed by atoms with van der Waals surface area (Å²) in [6.07, 6.45) is 0.400. The number of morpholine rings is 1. The smallest absolute Gasteiger partial charge is 0.407 e. The normalized spacial score (nSPS) is 15.5. The average molecular weight is 547 g/mol. The maximum atomic E-state index is 13.3. The van der Waals surface area contributed by atoms with Gasteiger partial charge in [-0.05, 0) is 63.6 Å². The van der Waals surface area contributed by atoms with Crippen LogP contribution in [0.1, 0.15) is 44.4 Å². The number of nitrogens with one attached hydrogen (secondary N) is 1. The molecule has 10 heteroatoms. The molecule has 1 atom stereocenters. The molecular weight excluding hydrogens is 512 g/mol. The van der Waals surface area contributed by atoms with Crippen molar-refractivity contribution in [2.75, 3.05) is 32.8 Å². The molecular formula is C30H34N4O6. The lowest BCUT2D eigenvalue weighted by Gasteiger charge is -2.28. The Balaban J connectivity index is 1.51. The maximum absolute atomic E-state index is 13.3. The third kappa shape index (κ3) is 7.05. The number of hydrogen-bond acceptors (Lipinski definition) is 7. The zero-order valence-corrected chi connectivity index (χ0v) is 23.2. The molecule has 1 fully saturated rings. The number of alkyl carbamates (subject to hydrolysis) is 1. The van der Waals surface area contributed by atoms with E-state index in [0.717, 1.165) is 43.0 Å². The van der Waals surface area contributed by atoms with Crippen molar-refractivity contribution in [1.82, 2.24) is 19.8 Å². The number of amides is 1. The van der Waals surface area contributed by atoms with Crippen LogP contribution in [0.4, 0.5) is 4.79 Å². The minimum atomic E-state index is -1.79. The quantitative estimate of drug-likeness (QED) is 0.453. The van der Waals surface area contributed by atoms with Crippen LogP contribution in [0.5, 0.6) is 0 Å². The number of aromatic nitrogens is 2. The van der Waals surface area contributed by atoms with Gasteiger partial charge in [0.15, 0.2) is 5.54 Å². The van der Waals surface area contributed by atoms with Gasteiger partial charge in [-0.3, -0.25) is 14.3 Å². The standard InChI is InChI=1S/C30H34N4O6/c1-29(2,3)40-28(38)31-19-30(4,27(36)37)34-20-32-25-17-22(11-12-24(25)26(34)35)8-5-21-6-9-23(10-7-21)18-33-13-15-39-16-14-33/h6-7,9-12,17,20H,13-16,18-19H2,1-4H3,(H,31,38)(H,36,37)/t30-/m0/s1. The molecule has 0 spiro atoms. The second-order valence-electron chi connectivity index (χ2n) is 10.9. The summed E-state index contributed by atoms with van der Waals surface area (Å²) in [6.45, 7) is 10.3. The first-order valence-electron chi connectivity index (χ1n) is 13.1. The lowest BCUT2D eigenvalue weighted by atomic mass is 10.0. The Hall–Kier alpha value is -4.20. The van der Waals surface area contributed by atoms with Crippen molar-refractivity contribution < 1.29 is 24.2 Å². The molecule has 2 heterocycles. The topological polar surface area (TPSA) is 123 Å². The molecule has 10 nitrogen and oxygen atoms in total. The Morgan fingerprint density at radius 1 is 1.05 bits per heavy atom. The second-order valence-corrected chi connectivity index (χ2v) is 10.9. The number of benzene rings is 2. The number of hydrogen-bond donors (Lipinski definition) is 2. The first kappa shape index (κ1) is 28.8. The molecule has 0 unspecified atom stereocenters. The van der Waals surface area contributed by atoms with E-state index in [-0.39, 0.29) is 11.9 Å². The van der Waals surface area contributed by atoms with Crippen LogP contribution in [0.15, 0.2) is 53.6 Å². The third-order valence-electron chi connectivity index (χ3n) is 6.54. The molecule has 0 saturated carbocycles. The highest BCUT2D eigenvalue weighted by Gasteiger charge is 2.37. The van der Waals surface area contributed by atoms with Crippen LogP contribution in [0, 0.1) is 11.8 Å². The van der Waals surface area contributed by atoms with E-state index in [1.165, 1.54) is 18.8 Å². The number of carbonyl (C=O) groups excluding carboxylic acids is 1. The van der Waals surface area contributed by atoms with Gasteiger partial charge in [0.2, 0.25) is 0 Å². The van der Waals surface area contributed by atoms with Crippen LogP contribution in [0.2, 0.25) is 0 Å². The monoisotopic (exact) mass is 546 g/mol. The van der Waals surface area contributed by atoms with Crippen molar-refractivity contribution in [3.05, 3.63) is 75.8 Å². The Morgan fingerprint density at radius 2 is 1.70 bits per heavy atom. The molecule has 0 radical (unpaired) electrons. The highest BCUT2D eigenvalue weighted by atomic mass is 16.6. The van der Waals surface area contributed by atoms with E-state index in [1.807, 2.05) is 12.1 Å². The predicted molar refractivity (Wildman–Crippen MR) is 150 cm³/mol. The van der Waals surface area contributed by atoms with Gasteiger partial charge in [-0.15, -0.1) is 0 Å². The van der Waals surface area contributed by atoms with Crippen molar-refractivity contribution >= 4 is 23.0 Å². The number of carbonyl (C=O) groups is 2. The van der Waals surface area contributed by atoms with Gasteiger partial charge < -0.3 is 19.9 Å². The van der Waals surface area contributed by atoms with Gasteiger partial charge in [-0.25, -0.2) is 14.6 Å². The van der Waals surface area contributed by atoms with E-state index in [1.54, 1.807) is 39.0 Å². The Labute approximate surface area is 232 Å². The molecule has 2 N–H and O–H groups in total. The van der Waals surface area contributed by atoms with Gasteiger partial charge in [0.25, 0.3) is 5.56 Å². The highest BCUT2D eigenvalue weighted by molar-refractivity contribution is 5.81. The van der Waals surface area contributed by atoms with E-state index < -0.39 is 28.8 Å². The molecule has 1 aromatic heterocycles. The lowest BCUT2D eigenvalue weighted by Crippen LogP contribution is -2.53. The zero-order valence-electron chi connectivity index (χ0n) is 23.2. The molecule has 0 aliphatic carbocycles. The van der Waals surface area contributed by atoms with Gasteiger partial charge in [-0.1, -0.05) is 24.0 Å². The molecule has 1 aliphatic rings. The first-order chi connectivity index (χ1) is 18.9. The second kappa shape index (κ2) is 11.9. The van der Waals surface area contributed by atoms with Crippen LogP contribution in [0.3, 0.4) is 0 Å². The molecule has 1 amide bonds. The average Bonchev–Trinajstić information content (AvgIpc) is 2.91. The Bertz CT molecular complexity index is 1510. The van der Waals surface area contributed by atoms with Crippen LogP contribution in [-0.4, -0.2) is 70.1 Å². The van der Waals surface area contributed by atoms with Crippen LogP contribution in [0.25, 0.3) is 10.9 Å².